The highest BCUT2D eigenvalue weighted by atomic mass is 14.0. The van der Waals surface area contributed by atoms with Gasteiger partial charge in [-0.1, -0.05) is 98.8 Å². The monoisotopic (exact) mass is 228 g/mol. The summed E-state index contributed by atoms with van der Waals surface area (Å²) >= 11 is 0. The molecule has 0 saturated heterocycles. The van der Waals surface area contributed by atoms with Gasteiger partial charge in [0.2, 0.25) is 0 Å². The van der Waals surface area contributed by atoms with Crippen LogP contribution in [0.5, 0.6) is 0 Å². The van der Waals surface area contributed by atoms with Crippen LogP contribution in [0, 0.1) is 5.92 Å². The third-order valence-electron chi connectivity index (χ3n) is 2.84. The van der Waals surface area contributed by atoms with Gasteiger partial charge in [-0.25, -0.2) is 0 Å². The molecule has 0 nitrogen and oxygen atoms in total. The molecule has 0 amide bonds. The highest BCUT2D eigenvalue weighted by Crippen LogP contribution is 2.06. The van der Waals surface area contributed by atoms with E-state index in [0.29, 0.717) is 0 Å². The van der Waals surface area contributed by atoms with Gasteiger partial charge < -0.3 is 0 Å². The van der Waals surface area contributed by atoms with Crippen LogP contribution < -0.4 is 0 Å². The second kappa shape index (κ2) is 17.4. The van der Waals surface area contributed by atoms with E-state index in [1.165, 1.54) is 64.2 Å². The summed E-state index contributed by atoms with van der Waals surface area (Å²) in [5, 5.41) is 0. The highest BCUT2D eigenvalue weighted by Gasteiger charge is 1.90. The predicted molar refractivity (Wildman–Crippen MR) is 78.0 cm³/mol. The molecule has 0 aliphatic rings. The number of unbranched alkanes of at least 4 members (excludes halogenated alkanes) is 7. The van der Waals surface area contributed by atoms with Crippen molar-refractivity contribution in [1.29, 1.82) is 0 Å². The molecule has 0 fully saturated rings. The zero-order valence-corrected chi connectivity index (χ0v) is 12.6. The maximum absolute atomic E-state index is 2.29. The van der Waals surface area contributed by atoms with E-state index in [1.807, 2.05) is 0 Å². The van der Waals surface area contributed by atoms with Gasteiger partial charge >= 0.3 is 0 Å². The Morgan fingerprint density at radius 1 is 0.562 bits per heavy atom. The van der Waals surface area contributed by atoms with Gasteiger partial charge in [0, 0.05) is 0 Å². The summed E-state index contributed by atoms with van der Waals surface area (Å²) in [6, 6.07) is 0. The zero-order chi connectivity index (χ0) is 12.6. The molecule has 0 aromatic heterocycles. The molecule has 0 heteroatoms. The van der Waals surface area contributed by atoms with Crippen molar-refractivity contribution in [2.24, 2.45) is 5.92 Å². The Morgan fingerprint density at radius 3 is 1.25 bits per heavy atom. The topological polar surface area (TPSA) is 0 Å². The Hall–Kier alpha value is 0. The summed E-state index contributed by atoms with van der Waals surface area (Å²) in [7, 11) is 0. The van der Waals surface area contributed by atoms with Gasteiger partial charge in [-0.3, -0.25) is 0 Å². The van der Waals surface area contributed by atoms with Crippen LogP contribution in [-0.2, 0) is 0 Å². The van der Waals surface area contributed by atoms with Crippen LogP contribution in [0.4, 0.5) is 0 Å². The number of rotatable bonds is 9. The van der Waals surface area contributed by atoms with Gasteiger partial charge in [0.05, 0.1) is 0 Å². The molecule has 0 atom stereocenters. The third-order valence-corrected chi connectivity index (χ3v) is 2.84. The molecule has 0 spiro atoms. The molecule has 0 bridgehead atoms. The first kappa shape index (κ1) is 18.4. The molecule has 0 aromatic carbocycles. The van der Waals surface area contributed by atoms with Gasteiger partial charge in [0.15, 0.2) is 0 Å². The summed E-state index contributed by atoms with van der Waals surface area (Å²) in [4.78, 5) is 0. The second-order valence-corrected chi connectivity index (χ2v) is 5.30. The van der Waals surface area contributed by atoms with E-state index in [9.17, 15) is 0 Å². The highest BCUT2D eigenvalue weighted by molar-refractivity contribution is 4.44. The minimum atomic E-state index is 0.904. The molecule has 0 saturated carbocycles. The normalized spacial score (nSPS) is 10.1. The van der Waals surface area contributed by atoms with Gasteiger partial charge in [-0.2, -0.15) is 0 Å². The average molecular weight is 228 g/mol. The summed E-state index contributed by atoms with van der Waals surface area (Å²) < 4.78 is 0. The average Bonchev–Trinajstić information content (AvgIpc) is 2.25. The van der Waals surface area contributed by atoms with Crippen LogP contribution in [-0.4, -0.2) is 0 Å². The second-order valence-electron chi connectivity index (χ2n) is 5.30. The van der Waals surface area contributed by atoms with E-state index in [2.05, 4.69) is 34.6 Å². The lowest BCUT2D eigenvalue weighted by atomic mass is 10.1. The molecule has 0 aromatic rings. The fourth-order valence-electron chi connectivity index (χ4n) is 1.66. The Balaban J connectivity index is 0. The molecular formula is C16H36. The quantitative estimate of drug-likeness (QED) is 0.390. The van der Waals surface area contributed by atoms with Gasteiger partial charge in [0.1, 0.15) is 0 Å². The summed E-state index contributed by atoms with van der Waals surface area (Å²) in [5.41, 5.74) is 0. The molecule has 16 heavy (non-hydrogen) atoms. The molecule has 0 unspecified atom stereocenters. The van der Waals surface area contributed by atoms with Crippen LogP contribution in [0.1, 0.15) is 98.8 Å². The minimum Gasteiger partial charge on any atom is -0.0654 e. The van der Waals surface area contributed by atoms with E-state index in [1.54, 1.807) is 0 Å². The first-order chi connectivity index (χ1) is 7.68. The maximum Gasteiger partial charge on any atom is -0.0471 e. The lowest BCUT2D eigenvalue weighted by Gasteiger charge is -2.00. The Bertz CT molecular complexity index is 88.2. The lowest BCUT2D eigenvalue weighted by Crippen LogP contribution is -1.85. The van der Waals surface area contributed by atoms with Crippen LogP contribution >= 0.6 is 0 Å². The Kier molecular flexibility index (Phi) is 20.0. The van der Waals surface area contributed by atoms with Crippen molar-refractivity contribution >= 4 is 0 Å². The van der Waals surface area contributed by atoms with Crippen molar-refractivity contribution in [3.8, 4) is 0 Å². The first-order valence-electron chi connectivity index (χ1n) is 7.68. The maximum atomic E-state index is 2.29. The fourth-order valence-corrected chi connectivity index (χ4v) is 1.66. The van der Waals surface area contributed by atoms with Crippen LogP contribution in [0.15, 0.2) is 0 Å². The fraction of sp³-hybridized carbons (Fsp3) is 1.00. The molecule has 0 N–H and O–H groups in total. The van der Waals surface area contributed by atoms with Gasteiger partial charge in [0.25, 0.3) is 0 Å². The Labute approximate surface area is 105 Å². The van der Waals surface area contributed by atoms with E-state index in [-0.39, 0.29) is 0 Å². The van der Waals surface area contributed by atoms with E-state index in [4.69, 9.17) is 0 Å². The molecule has 0 aliphatic carbocycles. The summed E-state index contributed by atoms with van der Waals surface area (Å²) in [5.74, 6) is 0.904. The zero-order valence-electron chi connectivity index (χ0n) is 12.6. The van der Waals surface area contributed by atoms with Crippen molar-refractivity contribution < 1.29 is 0 Å². The first-order valence-corrected chi connectivity index (χ1v) is 7.68. The molecule has 100 valence electrons. The van der Waals surface area contributed by atoms with Crippen molar-refractivity contribution in [3.63, 3.8) is 0 Å². The van der Waals surface area contributed by atoms with Crippen LogP contribution in [0.3, 0.4) is 0 Å². The third kappa shape index (κ3) is 23.7. The Morgan fingerprint density at radius 2 is 0.938 bits per heavy atom. The van der Waals surface area contributed by atoms with Gasteiger partial charge in [-0.15, -0.1) is 0 Å². The number of hydrogen-bond donors (Lipinski definition) is 0. The largest absolute Gasteiger partial charge is 0.0654 e. The summed E-state index contributed by atoms with van der Waals surface area (Å²) in [6.07, 6.45) is 14.1. The molecule has 0 aliphatic heterocycles. The van der Waals surface area contributed by atoms with Crippen LogP contribution in [0.2, 0.25) is 0 Å². The predicted octanol–water partition coefficient (Wildman–Crippen LogP) is 6.59. The van der Waals surface area contributed by atoms with Crippen molar-refractivity contribution in [2.45, 2.75) is 98.8 Å². The van der Waals surface area contributed by atoms with E-state index >= 15 is 0 Å². The molecular weight excluding hydrogens is 192 g/mol. The van der Waals surface area contributed by atoms with Crippen molar-refractivity contribution in [1.82, 2.24) is 0 Å². The van der Waals surface area contributed by atoms with Crippen molar-refractivity contribution in [2.75, 3.05) is 0 Å². The summed E-state index contributed by atoms with van der Waals surface area (Å²) in [6.45, 7) is 11.3. The van der Waals surface area contributed by atoms with Gasteiger partial charge in [-0.05, 0) is 5.92 Å². The lowest BCUT2D eigenvalue weighted by molar-refractivity contribution is 0.534. The molecule has 0 rings (SSSR count). The number of hydrogen-bond acceptors (Lipinski definition) is 0. The van der Waals surface area contributed by atoms with E-state index in [0.717, 1.165) is 5.92 Å². The SMILES string of the molecule is CCCCCC(C)C.CCCCCCCC. The standard InChI is InChI=1S/2C8H18/c1-4-5-6-7-8(2)3;1-3-5-7-8-6-4-2/h8H,4-7H2,1-3H3;3-8H2,1-2H3. The van der Waals surface area contributed by atoms with Crippen LogP contribution in [0.25, 0.3) is 0 Å². The van der Waals surface area contributed by atoms with Crippen molar-refractivity contribution in [3.05, 3.63) is 0 Å². The van der Waals surface area contributed by atoms with E-state index < -0.39 is 0 Å². The molecule has 0 radical (unpaired) electrons. The molecule has 0 heterocycles. The minimum absolute atomic E-state index is 0.904. The smallest absolute Gasteiger partial charge is 0.0471 e.